The Morgan fingerprint density at radius 2 is 1.89 bits per heavy atom. The summed E-state index contributed by atoms with van der Waals surface area (Å²) in [4.78, 5) is 0. The zero-order chi connectivity index (χ0) is 7.11. The van der Waals surface area contributed by atoms with Gasteiger partial charge < -0.3 is 0 Å². The summed E-state index contributed by atoms with van der Waals surface area (Å²) in [6.07, 6.45) is 9.84. The monoisotopic (exact) mass is 124 g/mol. The fourth-order valence-electron chi connectivity index (χ4n) is 0.704. The van der Waals surface area contributed by atoms with Crippen molar-refractivity contribution in [3.63, 3.8) is 0 Å². The number of allylic oxidation sites excluding steroid dienone is 4. The predicted octanol–water partition coefficient (Wildman–Crippen LogP) is 3.16. The molecule has 0 nitrogen and oxygen atoms in total. The molecular weight excluding hydrogens is 108 g/mol. The van der Waals surface area contributed by atoms with E-state index in [1.807, 2.05) is 13.8 Å². The normalized spacial score (nSPS) is 22.8. The molecule has 0 heteroatoms. The van der Waals surface area contributed by atoms with Crippen LogP contribution in [0, 0.1) is 5.92 Å². The highest BCUT2D eigenvalue weighted by molar-refractivity contribution is 5.09. The van der Waals surface area contributed by atoms with Crippen LogP contribution in [-0.4, -0.2) is 0 Å². The lowest BCUT2D eigenvalue weighted by atomic mass is 10.0. The summed E-state index contributed by atoms with van der Waals surface area (Å²) in [6.45, 7) is 6.22. The molecule has 0 bridgehead atoms. The van der Waals surface area contributed by atoms with Crippen LogP contribution in [0.3, 0.4) is 0 Å². The molecule has 0 fully saturated rings. The molecule has 1 unspecified atom stereocenters. The number of rotatable bonds is 0. The highest BCUT2D eigenvalue weighted by atomic mass is 14.0. The average Bonchev–Trinajstić information content (AvgIpc) is 1.94. The summed E-state index contributed by atoms with van der Waals surface area (Å²) in [7, 11) is 0. The van der Waals surface area contributed by atoms with E-state index in [1.54, 1.807) is 0 Å². The average molecular weight is 124 g/mol. The van der Waals surface area contributed by atoms with Crippen LogP contribution >= 0.6 is 0 Å². The van der Waals surface area contributed by atoms with Gasteiger partial charge in [0.25, 0.3) is 0 Å². The SMILES string of the molecule is CC.CC1C=CC=CC1. The lowest BCUT2D eigenvalue weighted by Gasteiger charge is -2.02. The molecule has 0 saturated carbocycles. The Labute approximate surface area is 58.3 Å². The van der Waals surface area contributed by atoms with Crippen molar-refractivity contribution < 1.29 is 0 Å². The highest BCUT2D eigenvalue weighted by Crippen LogP contribution is 2.08. The Morgan fingerprint density at radius 1 is 1.22 bits per heavy atom. The fourth-order valence-corrected chi connectivity index (χ4v) is 0.704. The zero-order valence-corrected chi connectivity index (χ0v) is 6.59. The predicted molar refractivity (Wildman–Crippen MR) is 43.4 cm³/mol. The van der Waals surface area contributed by atoms with Crippen LogP contribution in [0.25, 0.3) is 0 Å². The van der Waals surface area contributed by atoms with Gasteiger partial charge in [-0.05, 0) is 12.3 Å². The van der Waals surface area contributed by atoms with Crippen molar-refractivity contribution >= 4 is 0 Å². The number of hydrogen-bond acceptors (Lipinski definition) is 0. The summed E-state index contributed by atoms with van der Waals surface area (Å²) >= 11 is 0. The van der Waals surface area contributed by atoms with Crippen molar-refractivity contribution in [3.05, 3.63) is 24.3 Å². The summed E-state index contributed by atoms with van der Waals surface area (Å²) in [5, 5.41) is 0. The first-order chi connectivity index (χ1) is 4.39. The van der Waals surface area contributed by atoms with E-state index in [0.29, 0.717) is 0 Å². The van der Waals surface area contributed by atoms with E-state index in [2.05, 4.69) is 31.2 Å². The second-order valence-electron chi connectivity index (χ2n) is 2.03. The van der Waals surface area contributed by atoms with Crippen LogP contribution < -0.4 is 0 Å². The van der Waals surface area contributed by atoms with E-state index in [0.717, 1.165) is 5.92 Å². The number of hydrogen-bond donors (Lipinski definition) is 0. The molecule has 0 aromatic carbocycles. The van der Waals surface area contributed by atoms with Crippen molar-refractivity contribution in [3.8, 4) is 0 Å². The van der Waals surface area contributed by atoms with Crippen molar-refractivity contribution in [2.24, 2.45) is 5.92 Å². The van der Waals surface area contributed by atoms with Gasteiger partial charge in [-0.3, -0.25) is 0 Å². The van der Waals surface area contributed by atoms with E-state index < -0.39 is 0 Å². The topological polar surface area (TPSA) is 0 Å². The molecule has 1 atom stereocenters. The van der Waals surface area contributed by atoms with Gasteiger partial charge in [-0.25, -0.2) is 0 Å². The molecule has 0 aromatic rings. The quantitative estimate of drug-likeness (QED) is 0.465. The molecule has 52 valence electrons. The van der Waals surface area contributed by atoms with Gasteiger partial charge in [0.2, 0.25) is 0 Å². The Morgan fingerprint density at radius 3 is 2.11 bits per heavy atom. The maximum atomic E-state index is 2.22. The third-order valence-corrected chi connectivity index (χ3v) is 1.19. The minimum atomic E-state index is 0.769. The zero-order valence-electron chi connectivity index (χ0n) is 6.59. The third kappa shape index (κ3) is 4.01. The van der Waals surface area contributed by atoms with E-state index >= 15 is 0 Å². The molecular formula is C9H16. The van der Waals surface area contributed by atoms with Gasteiger partial charge in [-0.15, -0.1) is 0 Å². The molecule has 0 amide bonds. The lowest BCUT2D eigenvalue weighted by Crippen LogP contribution is -1.87. The van der Waals surface area contributed by atoms with Gasteiger partial charge in [-0.1, -0.05) is 45.1 Å². The maximum Gasteiger partial charge on any atom is -0.0224 e. The second kappa shape index (κ2) is 5.61. The second-order valence-corrected chi connectivity index (χ2v) is 2.03. The Balaban J connectivity index is 0.000000291. The van der Waals surface area contributed by atoms with Crippen LogP contribution in [0.15, 0.2) is 24.3 Å². The summed E-state index contributed by atoms with van der Waals surface area (Å²) in [5.74, 6) is 0.769. The van der Waals surface area contributed by atoms with Gasteiger partial charge in [0, 0.05) is 0 Å². The molecule has 0 aromatic heterocycles. The first kappa shape index (κ1) is 8.48. The van der Waals surface area contributed by atoms with Crippen molar-refractivity contribution in [1.29, 1.82) is 0 Å². The minimum absolute atomic E-state index is 0.769. The van der Waals surface area contributed by atoms with Gasteiger partial charge in [0.1, 0.15) is 0 Å². The summed E-state index contributed by atoms with van der Waals surface area (Å²) < 4.78 is 0. The fraction of sp³-hybridized carbons (Fsp3) is 0.556. The third-order valence-electron chi connectivity index (χ3n) is 1.19. The van der Waals surface area contributed by atoms with E-state index in [-0.39, 0.29) is 0 Å². The Bertz CT molecular complexity index is 98.6. The van der Waals surface area contributed by atoms with Crippen LogP contribution in [0.2, 0.25) is 0 Å². The van der Waals surface area contributed by atoms with Crippen molar-refractivity contribution in [2.75, 3.05) is 0 Å². The Hall–Kier alpha value is -0.520. The molecule has 0 aliphatic heterocycles. The maximum absolute atomic E-state index is 2.22. The van der Waals surface area contributed by atoms with Crippen molar-refractivity contribution in [1.82, 2.24) is 0 Å². The molecule has 0 saturated heterocycles. The Kier molecular flexibility index (Phi) is 5.29. The molecule has 9 heavy (non-hydrogen) atoms. The first-order valence-electron chi connectivity index (χ1n) is 3.73. The van der Waals surface area contributed by atoms with Gasteiger partial charge in [0.15, 0.2) is 0 Å². The minimum Gasteiger partial charge on any atom is -0.0840 e. The van der Waals surface area contributed by atoms with E-state index in [9.17, 15) is 0 Å². The van der Waals surface area contributed by atoms with Crippen molar-refractivity contribution in [2.45, 2.75) is 27.2 Å². The molecule has 1 aliphatic carbocycles. The lowest BCUT2D eigenvalue weighted by molar-refractivity contribution is 0.737. The highest BCUT2D eigenvalue weighted by Gasteiger charge is 1.93. The largest absolute Gasteiger partial charge is 0.0840 e. The molecule has 0 heterocycles. The standard InChI is InChI=1S/C7H10.C2H6/c1-7-5-3-2-4-6-7;1-2/h2-5,7H,6H2,1H3;1-2H3. The molecule has 1 rings (SSSR count). The van der Waals surface area contributed by atoms with Gasteiger partial charge in [0.05, 0.1) is 0 Å². The van der Waals surface area contributed by atoms with Gasteiger partial charge in [-0.2, -0.15) is 0 Å². The van der Waals surface area contributed by atoms with E-state index in [4.69, 9.17) is 0 Å². The summed E-state index contributed by atoms with van der Waals surface area (Å²) in [5.41, 5.74) is 0. The van der Waals surface area contributed by atoms with Crippen LogP contribution in [0.5, 0.6) is 0 Å². The van der Waals surface area contributed by atoms with Crippen LogP contribution in [-0.2, 0) is 0 Å². The molecule has 1 aliphatic rings. The van der Waals surface area contributed by atoms with Gasteiger partial charge >= 0.3 is 0 Å². The first-order valence-corrected chi connectivity index (χ1v) is 3.73. The van der Waals surface area contributed by atoms with Crippen LogP contribution in [0.1, 0.15) is 27.2 Å². The summed E-state index contributed by atoms with van der Waals surface area (Å²) in [6, 6.07) is 0. The molecule has 0 radical (unpaired) electrons. The molecule has 0 N–H and O–H groups in total. The van der Waals surface area contributed by atoms with Crippen LogP contribution in [0.4, 0.5) is 0 Å². The molecule has 0 spiro atoms. The van der Waals surface area contributed by atoms with E-state index in [1.165, 1.54) is 6.42 Å². The smallest absolute Gasteiger partial charge is 0.0224 e.